The molecule has 80 heavy (non-hydrogen) atoms. The van der Waals surface area contributed by atoms with Crippen LogP contribution in [0.25, 0.3) is 22.5 Å². The molecule has 0 aliphatic carbocycles. The Hall–Kier alpha value is -2.46. The molecule has 408 valence electrons. The van der Waals surface area contributed by atoms with Crippen molar-refractivity contribution in [3.05, 3.63) is 250 Å². The van der Waals surface area contributed by atoms with E-state index in [0.717, 1.165) is 61.0 Å². The van der Waals surface area contributed by atoms with Gasteiger partial charge in [0.15, 0.2) is 0 Å². The second-order valence-corrected chi connectivity index (χ2v) is 26.2. The highest BCUT2D eigenvalue weighted by atomic mass is 35.5. The predicted octanol–water partition coefficient (Wildman–Crippen LogP) is 23.3. The van der Waals surface area contributed by atoms with Gasteiger partial charge in [-0.05, 0) is 109 Å². The van der Waals surface area contributed by atoms with E-state index in [9.17, 15) is 0 Å². The Bertz CT molecular complexity index is 3500. The van der Waals surface area contributed by atoms with Crippen LogP contribution in [0.15, 0.2) is 97.1 Å². The monoisotopic (exact) mass is 1370 g/mol. The molecule has 2 aromatic heterocycles. The molecule has 0 fully saturated rings. The van der Waals surface area contributed by atoms with E-state index in [4.69, 9.17) is 196 Å². The van der Waals surface area contributed by atoms with Gasteiger partial charge in [-0.1, -0.05) is 277 Å². The molecular weight excluding hydrogens is 1340 g/mol. The first-order valence-electron chi connectivity index (χ1n) is 24.3. The summed E-state index contributed by atoms with van der Waals surface area (Å²) in [6.07, 6.45) is 0. The molecule has 19 heteroatoms. The number of aryl methyl sites for hydroxylation is 7. The number of benzene rings is 7. The molecule has 0 atom stereocenters. The van der Waals surface area contributed by atoms with E-state index in [-0.39, 0.29) is 67.2 Å². The van der Waals surface area contributed by atoms with Crippen LogP contribution in [0.1, 0.15) is 84.2 Å². The summed E-state index contributed by atoms with van der Waals surface area (Å²) in [4.78, 5) is 9.97. The highest BCUT2D eigenvalue weighted by Gasteiger charge is 2.36. The molecule has 0 N–H and O–H groups in total. The van der Waals surface area contributed by atoms with Gasteiger partial charge in [0.1, 0.15) is 10.3 Å². The SMILES string of the molecule is Cc1cc(C)c(B(c2c(C)cc(-c3cc(Cl)c(C(c4c(Cl)cc(Cl)cc4Cl)c4c(Cl)cc(Cl)cc4Cl)c(Cl)n3)cc2C)c2c(C)cc(-c3cc(Cl)c(C(c4c(Cl)cc(Cl)cc4Cl)c4c(Cl)cc(Cl)cc4Cl)c(Cl)n3)cc2C)c(C)c1. The minimum absolute atomic E-state index is 0.0772. The van der Waals surface area contributed by atoms with Gasteiger partial charge < -0.3 is 0 Å². The zero-order valence-electron chi connectivity index (χ0n) is 42.9. The standard InChI is InChI=1S/C61H39BCl16N2/c1-24-8-25(2)57(26(3)9-24)62(58-27(4)10-31(11-28(58)5)47-22-45(75)53(60(77)79-47)55(49-37(67)14-33(63)15-38(49)68)50-39(69)16-34(64)17-40(50)70)59-29(6)12-32(13-30(59)7)48-23-46(76)54(61(78)80-48)56(51-41(71)18-35(65)19-42(51)72)52-43(73)20-36(66)21-44(52)74/h8-23,55-56H,1-7H3. The Morgan fingerprint density at radius 3 is 0.713 bits per heavy atom. The first-order chi connectivity index (χ1) is 37.6. The van der Waals surface area contributed by atoms with Gasteiger partial charge in [-0.25, -0.2) is 9.97 Å². The van der Waals surface area contributed by atoms with Gasteiger partial charge in [-0.2, -0.15) is 0 Å². The molecule has 9 aromatic rings. The predicted molar refractivity (Wildman–Crippen MR) is 351 cm³/mol. The first kappa shape index (κ1) is 62.1. The Balaban J connectivity index is 1.17. The van der Waals surface area contributed by atoms with Crippen LogP contribution < -0.4 is 16.4 Å². The molecule has 0 bridgehead atoms. The average Bonchev–Trinajstić information content (AvgIpc) is 3.31. The smallest absolute Gasteiger partial charge is 0.236 e. The summed E-state index contributed by atoms with van der Waals surface area (Å²) >= 11 is 110. The topological polar surface area (TPSA) is 25.8 Å². The molecule has 2 heterocycles. The number of pyridine rings is 2. The number of hydrogen-bond acceptors (Lipinski definition) is 2. The summed E-state index contributed by atoms with van der Waals surface area (Å²) in [5.74, 6) is -1.77. The Morgan fingerprint density at radius 2 is 0.487 bits per heavy atom. The summed E-state index contributed by atoms with van der Waals surface area (Å²) < 4.78 is 0. The molecule has 7 aromatic carbocycles. The summed E-state index contributed by atoms with van der Waals surface area (Å²) in [5, 5.41) is 3.92. The van der Waals surface area contributed by atoms with Crippen molar-refractivity contribution in [3.63, 3.8) is 0 Å². The third-order valence-corrected chi connectivity index (χ3v) is 18.8. The van der Waals surface area contributed by atoms with E-state index in [1.165, 1.54) is 5.46 Å². The lowest BCUT2D eigenvalue weighted by molar-refractivity contribution is 0.966. The van der Waals surface area contributed by atoms with Crippen molar-refractivity contribution in [2.45, 2.75) is 60.3 Å². The van der Waals surface area contributed by atoms with Crippen LogP contribution in [0.2, 0.25) is 80.6 Å². The summed E-state index contributed by atoms with van der Waals surface area (Å²) in [6, 6.07) is 29.0. The molecule has 0 spiro atoms. The Kier molecular flexibility index (Phi) is 19.3. The Labute approximate surface area is 545 Å². The highest BCUT2D eigenvalue weighted by Crippen LogP contribution is 2.52. The second kappa shape index (κ2) is 24.9. The third-order valence-electron chi connectivity index (χ3n) is 14.2. The van der Waals surface area contributed by atoms with Crippen molar-refractivity contribution in [1.82, 2.24) is 9.97 Å². The summed E-state index contributed by atoms with van der Waals surface area (Å²) in [5.41, 5.74) is 16.0. The maximum atomic E-state index is 7.34. The molecule has 0 saturated heterocycles. The van der Waals surface area contributed by atoms with Gasteiger partial charge >= 0.3 is 0 Å². The van der Waals surface area contributed by atoms with Gasteiger partial charge in [0.25, 0.3) is 0 Å². The molecule has 0 aliphatic heterocycles. The van der Waals surface area contributed by atoms with Crippen LogP contribution in [0.5, 0.6) is 0 Å². The van der Waals surface area contributed by atoms with Crippen molar-refractivity contribution in [2.75, 3.05) is 0 Å². The van der Waals surface area contributed by atoms with Crippen molar-refractivity contribution in [1.29, 1.82) is 0 Å². The van der Waals surface area contributed by atoms with E-state index in [1.54, 1.807) is 60.7 Å². The van der Waals surface area contributed by atoms with Crippen LogP contribution in [-0.2, 0) is 0 Å². The largest absolute Gasteiger partial charge is 0.243 e. The lowest BCUT2D eigenvalue weighted by atomic mass is 9.33. The fourth-order valence-corrected chi connectivity index (χ4v) is 16.7. The molecule has 0 amide bonds. The van der Waals surface area contributed by atoms with E-state index >= 15 is 0 Å². The minimum atomic E-state index is -0.883. The van der Waals surface area contributed by atoms with Crippen LogP contribution >= 0.6 is 186 Å². The molecule has 0 saturated carbocycles. The number of halogens is 16. The summed E-state index contributed by atoms with van der Waals surface area (Å²) in [6.45, 7) is 14.6. The summed E-state index contributed by atoms with van der Waals surface area (Å²) in [7, 11) is 0. The highest BCUT2D eigenvalue weighted by molar-refractivity contribution is 6.97. The van der Waals surface area contributed by atoms with Gasteiger partial charge in [0.2, 0.25) is 6.71 Å². The van der Waals surface area contributed by atoms with E-state index < -0.39 is 11.8 Å². The van der Waals surface area contributed by atoms with Crippen molar-refractivity contribution >= 4 is 209 Å². The molecule has 0 radical (unpaired) electrons. The van der Waals surface area contributed by atoms with Gasteiger partial charge in [-0.3, -0.25) is 0 Å². The fraction of sp³-hybridized carbons (Fsp3) is 0.148. The number of rotatable bonds is 11. The maximum Gasteiger partial charge on any atom is 0.243 e. The van der Waals surface area contributed by atoms with E-state index in [1.807, 2.05) is 0 Å². The fourth-order valence-electron chi connectivity index (χ4n) is 11.2. The number of nitrogens with zero attached hydrogens (tertiary/aromatic N) is 2. The first-order valence-corrected chi connectivity index (χ1v) is 30.3. The van der Waals surface area contributed by atoms with Gasteiger partial charge in [0.05, 0.1) is 11.4 Å². The van der Waals surface area contributed by atoms with Crippen LogP contribution in [0.3, 0.4) is 0 Å². The number of hydrogen-bond donors (Lipinski definition) is 0. The van der Waals surface area contributed by atoms with Crippen LogP contribution in [0, 0.1) is 48.5 Å². The minimum Gasteiger partial charge on any atom is -0.236 e. The molecule has 9 rings (SSSR count). The average molecular weight is 1380 g/mol. The lowest BCUT2D eigenvalue weighted by Crippen LogP contribution is -2.57. The molecule has 2 nitrogen and oxygen atoms in total. The number of aromatic nitrogens is 2. The second-order valence-electron chi connectivity index (χ2n) is 19.7. The van der Waals surface area contributed by atoms with Crippen molar-refractivity contribution in [3.8, 4) is 22.5 Å². The lowest BCUT2D eigenvalue weighted by Gasteiger charge is -2.28. The quantitative estimate of drug-likeness (QED) is 0.0953. The van der Waals surface area contributed by atoms with Gasteiger partial charge in [0, 0.05) is 127 Å². The molecule has 0 aliphatic rings. The zero-order chi connectivity index (χ0) is 58.2. The van der Waals surface area contributed by atoms with Gasteiger partial charge in [-0.15, -0.1) is 0 Å². The van der Waals surface area contributed by atoms with E-state index in [0.29, 0.717) is 64.9 Å². The Morgan fingerprint density at radius 1 is 0.275 bits per heavy atom. The van der Waals surface area contributed by atoms with E-state index in [2.05, 4.69) is 84.9 Å². The zero-order valence-corrected chi connectivity index (χ0v) is 55.0. The van der Waals surface area contributed by atoms with Crippen LogP contribution in [0.4, 0.5) is 0 Å². The molecule has 0 unspecified atom stereocenters. The third kappa shape index (κ3) is 12.2. The van der Waals surface area contributed by atoms with Crippen molar-refractivity contribution in [2.24, 2.45) is 0 Å². The normalized spacial score (nSPS) is 11.7. The maximum absolute atomic E-state index is 7.34. The van der Waals surface area contributed by atoms with Crippen LogP contribution in [-0.4, -0.2) is 16.7 Å². The van der Waals surface area contributed by atoms with Crippen molar-refractivity contribution < 1.29 is 0 Å². The molecular formula is C61H39BCl16N2.